The average molecular weight is 533 g/mol. The Labute approximate surface area is 217 Å². The first-order valence-electron chi connectivity index (χ1n) is 12.3. The molecule has 2 aromatic carbocycles. The molecule has 4 rings (SSSR count). The fourth-order valence-electron chi connectivity index (χ4n) is 4.46. The van der Waals surface area contributed by atoms with Crippen molar-refractivity contribution >= 4 is 29.2 Å². The number of urea groups is 1. The molecule has 0 bridgehead atoms. The van der Waals surface area contributed by atoms with Crippen LogP contribution in [0.25, 0.3) is 0 Å². The molecule has 1 heterocycles. The van der Waals surface area contributed by atoms with E-state index in [2.05, 4.69) is 21.2 Å². The van der Waals surface area contributed by atoms with Crippen LogP contribution in [0.15, 0.2) is 53.2 Å². The zero-order valence-corrected chi connectivity index (χ0v) is 20.7. The van der Waals surface area contributed by atoms with Crippen LogP contribution in [0.4, 0.5) is 35.2 Å². The van der Waals surface area contributed by atoms with Crippen LogP contribution in [0.2, 0.25) is 0 Å². The molecule has 1 aliphatic rings. The number of aryl methyl sites for hydroxylation is 1. The molecule has 0 spiro atoms. The van der Waals surface area contributed by atoms with Gasteiger partial charge in [-0.3, -0.25) is 14.6 Å². The molecule has 4 N–H and O–H groups in total. The second-order valence-electron chi connectivity index (χ2n) is 9.43. The van der Waals surface area contributed by atoms with Crippen molar-refractivity contribution in [3.63, 3.8) is 0 Å². The van der Waals surface area contributed by atoms with E-state index in [1.165, 1.54) is 16.9 Å². The van der Waals surface area contributed by atoms with Gasteiger partial charge in [-0.05, 0) is 49.1 Å². The van der Waals surface area contributed by atoms with Gasteiger partial charge in [-0.15, -0.1) is 0 Å². The summed E-state index contributed by atoms with van der Waals surface area (Å²) in [5.41, 5.74) is 0.301. The van der Waals surface area contributed by atoms with Gasteiger partial charge in [-0.25, -0.2) is 4.79 Å². The van der Waals surface area contributed by atoms with E-state index < -0.39 is 29.8 Å². The van der Waals surface area contributed by atoms with Crippen molar-refractivity contribution < 1.29 is 37.1 Å². The number of nitrogens with zero attached hydrogens (tertiary/aromatic N) is 2. The van der Waals surface area contributed by atoms with E-state index in [1.807, 2.05) is 19.1 Å². The van der Waals surface area contributed by atoms with Crippen molar-refractivity contribution in [1.29, 1.82) is 0 Å². The zero-order valence-electron chi connectivity index (χ0n) is 20.7. The van der Waals surface area contributed by atoms with Crippen molar-refractivity contribution in [3.8, 4) is 0 Å². The van der Waals surface area contributed by atoms with Crippen molar-refractivity contribution in [2.75, 3.05) is 16.0 Å². The van der Waals surface area contributed by atoms with Crippen molar-refractivity contribution in [3.05, 3.63) is 65.4 Å². The molecule has 1 fully saturated rings. The maximum atomic E-state index is 13.5. The monoisotopic (exact) mass is 532 g/mol. The van der Waals surface area contributed by atoms with Crippen LogP contribution in [-0.2, 0) is 23.9 Å². The molecule has 3 amide bonds. The lowest BCUT2D eigenvalue weighted by atomic mass is 9.86. The summed E-state index contributed by atoms with van der Waals surface area (Å²) in [7, 11) is 0. The van der Waals surface area contributed by atoms with Gasteiger partial charge in [0.2, 0.25) is 11.2 Å². The fourth-order valence-corrected chi connectivity index (χ4v) is 4.46. The Morgan fingerprint density at radius 3 is 2.50 bits per heavy atom. The van der Waals surface area contributed by atoms with E-state index in [1.54, 1.807) is 12.1 Å². The van der Waals surface area contributed by atoms with Gasteiger partial charge in [0.1, 0.15) is 0 Å². The number of amides is 3. The lowest BCUT2D eigenvalue weighted by Crippen LogP contribution is -2.43. The first-order valence-corrected chi connectivity index (χ1v) is 12.3. The number of aromatic nitrogens is 2. The summed E-state index contributed by atoms with van der Waals surface area (Å²) < 4.78 is 47.1. The van der Waals surface area contributed by atoms with Crippen LogP contribution >= 0.6 is 0 Å². The van der Waals surface area contributed by atoms with Crippen LogP contribution in [0.3, 0.4) is 0 Å². The summed E-state index contributed by atoms with van der Waals surface area (Å²) in [5, 5.41) is 21.2. The highest BCUT2D eigenvalue weighted by Crippen LogP contribution is 2.33. The molecule has 12 heteroatoms. The summed E-state index contributed by atoms with van der Waals surface area (Å²) in [6, 6.07) is 9.14. The highest BCUT2D eigenvalue weighted by molar-refractivity contribution is 6.00. The molecule has 3 aromatic rings. The molecule has 1 saturated carbocycles. The Morgan fingerprint density at radius 2 is 1.79 bits per heavy atom. The van der Waals surface area contributed by atoms with Gasteiger partial charge < -0.3 is 15.7 Å². The summed E-state index contributed by atoms with van der Waals surface area (Å²) >= 11 is 0. The van der Waals surface area contributed by atoms with Gasteiger partial charge in [0.05, 0.1) is 18.1 Å². The second kappa shape index (κ2) is 11.6. The summed E-state index contributed by atoms with van der Waals surface area (Å²) in [6.07, 6.45) is -0.157. The smallest absolute Gasteiger partial charge is 0.393 e. The van der Waals surface area contributed by atoms with Crippen LogP contribution in [0.1, 0.15) is 42.4 Å². The van der Waals surface area contributed by atoms with Gasteiger partial charge >= 0.3 is 18.1 Å². The van der Waals surface area contributed by atoms with Gasteiger partial charge in [0.25, 0.3) is 6.20 Å². The fraction of sp³-hybridized carbons (Fsp3) is 0.385. The second-order valence-corrected chi connectivity index (χ2v) is 9.43. The summed E-state index contributed by atoms with van der Waals surface area (Å²) in [5.74, 6) is -0.500. The number of halogens is 3. The van der Waals surface area contributed by atoms with E-state index in [9.17, 15) is 27.9 Å². The van der Waals surface area contributed by atoms with Crippen molar-refractivity contribution in [2.45, 2.75) is 57.9 Å². The first kappa shape index (κ1) is 27.1. The van der Waals surface area contributed by atoms with E-state index in [4.69, 9.17) is 4.52 Å². The third-order valence-corrected chi connectivity index (χ3v) is 6.45. The zero-order chi connectivity index (χ0) is 27.3. The molecule has 38 heavy (non-hydrogen) atoms. The van der Waals surface area contributed by atoms with Gasteiger partial charge in [-0.2, -0.15) is 13.2 Å². The molecule has 2 atom stereocenters. The average Bonchev–Trinajstić information content (AvgIpc) is 3.27. The molecule has 9 nitrogen and oxygen atoms in total. The number of anilines is 3. The molecule has 202 valence electrons. The molecule has 1 aliphatic carbocycles. The molecule has 1 aromatic heterocycles. The van der Waals surface area contributed by atoms with E-state index in [-0.39, 0.29) is 29.6 Å². The molecular weight excluding hydrogens is 503 g/mol. The van der Waals surface area contributed by atoms with Crippen molar-refractivity contribution in [1.82, 2.24) is 5.27 Å². The van der Waals surface area contributed by atoms with Gasteiger partial charge in [0.15, 0.2) is 6.54 Å². The van der Waals surface area contributed by atoms with Crippen LogP contribution in [0, 0.1) is 12.8 Å². The van der Waals surface area contributed by atoms with Crippen molar-refractivity contribution in [2.24, 2.45) is 5.92 Å². The number of carbonyl (C=O) groups is 2. The Balaban J connectivity index is 1.41. The molecule has 0 unspecified atom stereocenters. The number of benzene rings is 2. The molecular formula is C26H29F3N5O4+. The number of hydrogen-bond acceptors (Lipinski definition) is 5. The molecule has 0 radical (unpaired) electrons. The predicted molar refractivity (Wildman–Crippen MR) is 132 cm³/mol. The largest absolute Gasteiger partial charge is 0.416 e. The maximum absolute atomic E-state index is 13.5. The van der Waals surface area contributed by atoms with E-state index in [0.29, 0.717) is 6.54 Å². The van der Waals surface area contributed by atoms with E-state index in [0.717, 1.165) is 48.9 Å². The third kappa shape index (κ3) is 7.31. The Hall–Kier alpha value is -3.93. The van der Waals surface area contributed by atoms with Gasteiger partial charge in [-0.1, -0.05) is 41.8 Å². The number of nitrogens with one attached hydrogen (secondary N) is 3. The van der Waals surface area contributed by atoms with Crippen LogP contribution < -0.4 is 20.6 Å². The van der Waals surface area contributed by atoms with Crippen LogP contribution in [-0.4, -0.2) is 28.4 Å². The Kier molecular flexibility index (Phi) is 8.30. The highest BCUT2D eigenvalue weighted by Gasteiger charge is 2.32. The SMILES string of the molecule is Cc1ccccc1CC(=O)Nc1cc(NC(=O)Nc2c[n+](C[C@H]3CCCC[C@@H]3O)no2)cc(C(F)(F)F)c1. The Morgan fingerprint density at radius 1 is 1.08 bits per heavy atom. The van der Waals surface area contributed by atoms with E-state index >= 15 is 0 Å². The molecule has 0 saturated heterocycles. The lowest BCUT2D eigenvalue weighted by molar-refractivity contribution is -0.768. The minimum Gasteiger partial charge on any atom is -0.393 e. The minimum absolute atomic E-state index is 0.0183. The standard InChI is InChI=1S/C26H28F3N5O4/c1-16-6-2-3-7-17(16)10-23(36)30-20-11-19(26(27,28)29)12-21(13-20)31-25(37)32-24-15-34(33-38-24)14-18-8-4-5-9-22(18)35/h2-3,6-7,11-13,15,18,22,35H,4-5,8-10,14H2,1H3,(H2-,30,31,32,33,36,37)/p+1/t18-,22+/m1/s1. The Bertz CT molecular complexity index is 1290. The number of rotatable bonds is 7. The normalized spacial score (nSPS) is 17.6. The third-order valence-electron chi connectivity index (χ3n) is 6.45. The topological polar surface area (TPSA) is 120 Å². The highest BCUT2D eigenvalue weighted by atomic mass is 19.4. The quantitative estimate of drug-likeness (QED) is 0.330. The summed E-state index contributed by atoms with van der Waals surface area (Å²) in [6.45, 7) is 2.25. The number of carbonyl (C=O) groups excluding carboxylic acids is 2. The maximum Gasteiger partial charge on any atom is 0.416 e. The van der Waals surface area contributed by atoms with Gasteiger partial charge in [0, 0.05) is 17.3 Å². The van der Waals surface area contributed by atoms with Crippen LogP contribution in [0.5, 0.6) is 0 Å². The number of aliphatic hydroxyl groups excluding tert-OH is 1. The lowest BCUT2D eigenvalue weighted by Gasteiger charge is -2.23. The summed E-state index contributed by atoms with van der Waals surface area (Å²) in [4.78, 5) is 25.0. The minimum atomic E-state index is -4.70. The number of aliphatic hydroxyl groups is 1. The number of hydrogen-bond donors (Lipinski definition) is 4. The predicted octanol–water partition coefficient (Wildman–Crippen LogP) is 4.67. The molecule has 0 aliphatic heterocycles. The first-order chi connectivity index (χ1) is 18.1. The number of alkyl halides is 3.